The molecule has 6 heteroatoms. The Kier molecular flexibility index (Phi) is 5.74. The third-order valence-electron chi connectivity index (χ3n) is 4.87. The van der Waals surface area contributed by atoms with E-state index in [1.54, 1.807) is 43.3 Å². The number of aromatic nitrogens is 1. The van der Waals surface area contributed by atoms with Crippen LogP contribution in [-0.2, 0) is 0 Å². The third kappa shape index (κ3) is 4.30. The van der Waals surface area contributed by atoms with Gasteiger partial charge >= 0.3 is 0 Å². The lowest BCUT2D eigenvalue weighted by Gasteiger charge is -2.10. The third-order valence-corrected chi connectivity index (χ3v) is 5.20. The number of carbonyl (C=O) groups excluding carboxylic acids is 1. The van der Waals surface area contributed by atoms with Crippen LogP contribution in [-0.4, -0.2) is 16.6 Å². The summed E-state index contributed by atoms with van der Waals surface area (Å²) in [6.07, 6.45) is 0. The van der Waals surface area contributed by atoms with Crippen LogP contribution in [0, 0.1) is 11.3 Å². The monoisotopic (exact) mass is 424 g/mol. The van der Waals surface area contributed by atoms with Crippen molar-refractivity contribution in [3.63, 3.8) is 0 Å². The fourth-order valence-electron chi connectivity index (χ4n) is 3.22. The van der Waals surface area contributed by atoms with Crippen LogP contribution in [0.15, 0.2) is 84.0 Å². The molecule has 1 amide bonds. The molecule has 1 heterocycles. The van der Waals surface area contributed by atoms with Gasteiger partial charge in [-0.25, -0.2) is 10.4 Å². The molecular weight excluding hydrogens is 408 g/mol. The number of rotatable bonds is 4. The predicted molar refractivity (Wildman–Crippen MR) is 123 cm³/mol. The van der Waals surface area contributed by atoms with E-state index in [-0.39, 0.29) is 5.91 Å². The standard InChI is InChI=1S/C25H17ClN4O/c1-16(18-12-10-17(15-27)11-13-18)29-30-25(31)21-14-24(20-7-2-4-8-22(20)26)28-23-9-5-3-6-19(21)23/h2-14H,1H3,(H,30,31). The molecule has 3 aromatic carbocycles. The summed E-state index contributed by atoms with van der Waals surface area (Å²) in [4.78, 5) is 17.7. The summed E-state index contributed by atoms with van der Waals surface area (Å²) >= 11 is 6.35. The van der Waals surface area contributed by atoms with Gasteiger partial charge in [0.25, 0.3) is 5.91 Å². The number of hydrazone groups is 1. The molecule has 0 spiro atoms. The Bertz CT molecular complexity index is 1350. The second-order valence-electron chi connectivity index (χ2n) is 6.88. The number of hydrogen-bond donors (Lipinski definition) is 1. The fourth-order valence-corrected chi connectivity index (χ4v) is 3.45. The molecule has 150 valence electrons. The summed E-state index contributed by atoms with van der Waals surface area (Å²) in [6, 6.07) is 25.6. The molecule has 5 nitrogen and oxygen atoms in total. The second-order valence-corrected chi connectivity index (χ2v) is 7.29. The van der Waals surface area contributed by atoms with E-state index in [4.69, 9.17) is 16.9 Å². The van der Waals surface area contributed by atoms with Gasteiger partial charge in [0.15, 0.2) is 0 Å². The van der Waals surface area contributed by atoms with E-state index in [0.29, 0.717) is 33.1 Å². The minimum atomic E-state index is -0.347. The molecule has 31 heavy (non-hydrogen) atoms. The van der Waals surface area contributed by atoms with Crippen molar-refractivity contribution in [3.05, 3.63) is 101 Å². The number of fused-ring (bicyclic) bond motifs is 1. The molecule has 1 aromatic heterocycles. The van der Waals surface area contributed by atoms with Crippen LogP contribution in [0.2, 0.25) is 5.02 Å². The number of nitrogens with zero attached hydrogens (tertiary/aromatic N) is 3. The second kappa shape index (κ2) is 8.78. The predicted octanol–water partition coefficient (Wildman–Crippen LogP) is 5.58. The van der Waals surface area contributed by atoms with Gasteiger partial charge in [-0.15, -0.1) is 0 Å². The number of pyridine rings is 1. The number of carbonyl (C=O) groups is 1. The molecule has 0 radical (unpaired) electrons. The maximum Gasteiger partial charge on any atom is 0.272 e. The highest BCUT2D eigenvalue weighted by Crippen LogP contribution is 2.29. The zero-order valence-corrected chi connectivity index (χ0v) is 17.4. The van der Waals surface area contributed by atoms with Crippen LogP contribution in [0.1, 0.15) is 28.4 Å². The summed E-state index contributed by atoms with van der Waals surface area (Å²) in [7, 11) is 0. The SMILES string of the molecule is CC(=NNC(=O)c1cc(-c2ccccc2Cl)nc2ccccc12)c1ccc(C#N)cc1. The van der Waals surface area contributed by atoms with E-state index in [1.807, 2.05) is 42.5 Å². The fraction of sp³-hybridized carbons (Fsp3) is 0.0400. The Morgan fingerprint density at radius 1 is 1.03 bits per heavy atom. The molecule has 0 saturated carbocycles. The largest absolute Gasteiger partial charge is 0.272 e. The number of amides is 1. The maximum atomic E-state index is 13.0. The summed E-state index contributed by atoms with van der Waals surface area (Å²) in [5.41, 5.74) is 7.16. The van der Waals surface area contributed by atoms with Gasteiger partial charge in [-0.2, -0.15) is 10.4 Å². The molecule has 0 aliphatic carbocycles. The number of hydrogen-bond acceptors (Lipinski definition) is 4. The van der Waals surface area contributed by atoms with E-state index in [2.05, 4.69) is 21.6 Å². The van der Waals surface area contributed by atoms with Gasteiger partial charge in [-0.1, -0.05) is 60.1 Å². The number of halogens is 1. The van der Waals surface area contributed by atoms with E-state index in [0.717, 1.165) is 16.5 Å². The Morgan fingerprint density at radius 3 is 2.48 bits per heavy atom. The lowest BCUT2D eigenvalue weighted by atomic mass is 10.0. The Labute approximate surface area is 184 Å². The van der Waals surface area contributed by atoms with Crippen molar-refractivity contribution in [2.24, 2.45) is 5.10 Å². The van der Waals surface area contributed by atoms with Crippen molar-refractivity contribution in [1.29, 1.82) is 5.26 Å². The van der Waals surface area contributed by atoms with Gasteiger partial charge < -0.3 is 0 Å². The van der Waals surface area contributed by atoms with Crippen LogP contribution >= 0.6 is 11.6 Å². The molecule has 4 aromatic rings. The van der Waals surface area contributed by atoms with Crippen molar-refractivity contribution in [2.75, 3.05) is 0 Å². The first kappa shape index (κ1) is 20.3. The highest BCUT2D eigenvalue weighted by molar-refractivity contribution is 6.33. The molecule has 0 unspecified atom stereocenters. The lowest BCUT2D eigenvalue weighted by molar-refractivity contribution is 0.0956. The van der Waals surface area contributed by atoms with Crippen LogP contribution < -0.4 is 5.43 Å². The molecular formula is C25H17ClN4O. The van der Waals surface area contributed by atoms with Crippen molar-refractivity contribution >= 4 is 34.1 Å². The minimum Gasteiger partial charge on any atom is -0.267 e. The number of nitrogens with one attached hydrogen (secondary N) is 1. The van der Waals surface area contributed by atoms with Crippen molar-refractivity contribution in [2.45, 2.75) is 6.92 Å². The van der Waals surface area contributed by atoms with Crippen LogP contribution in [0.5, 0.6) is 0 Å². The van der Waals surface area contributed by atoms with Crippen molar-refractivity contribution in [1.82, 2.24) is 10.4 Å². The first-order valence-electron chi connectivity index (χ1n) is 9.56. The van der Waals surface area contributed by atoms with Crippen LogP contribution in [0.25, 0.3) is 22.2 Å². The Morgan fingerprint density at radius 2 is 1.74 bits per heavy atom. The zero-order valence-electron chi connectivity index (χ0n) is 16.6. The lowest BCUT2D eigenvalue weighted by Crippen LogP contribution is -2.20. The summed E-state index contributed by atoms with van der Waals surface area (Å²) in [5, 5.41) is 14.5. The molecule has 0 atom stereocenters. The molecule has 0 saturated heterocycles. The molecule has 0 aliphatic rings. The van der Waals surface area contributed by atoms with Gasteiger partial charge in [-0.3, -0.25) is 4.79 Å². The summed E-state index contributed by atoms with van der Waals surface area (Å²) in [6.45, 7) is 1.79. The smallest absolute Gasteiger partial charge is 0.267 e. The molecule has 0 aliphatic heterocycles. The van der Waals surface area contributed by atoms with Gasteiger partial charge in [0.1, 0.15) is 0 Å². The van der Waals surface area contributed by atoms with E-state index < -0.39 is 0 Å². The van der Waals surface area contributed by atoms with E-state index >= 15 is 0 Å². The molecule has 4 rings (SSSR count). The number of benzene rings is 3. The first-order valence-corrected chi connectivity index (χ1v) is 9.94. The normalized spacial score (nSPS) is 11.2. The van der Waals surface area contributed by atoms with Crippen LogP contribution in [0.3, 0.4) is 0 Å². The van der Waals surface area contributed by atoms with E-state index in [1.165, 1.54) is 0 Å². The average Bonchev–Trinajstić information content (AvgIpc) is 2.82. The molecule has 1 N–H and O–H groups in total. The molecule has 0 fully saturated rings. The van der Waals surface area contributed by atoms with E-state index in [9.17, 15) is 4.79 Å². The average molecular weight is 425 g/mol. The minimum absolute atomic E-state index is 0.347. The van der Waals surface area contributed by atoms with Gasteiger partial charge in [0.05, 0.1) is 34.1 Å². The zero-order chi connectivity index (χ0) is 21.8. The highest BCUT2D eigenvalue weighted by Gasteiger charge is 2.15. The number of para-hydroxylation sites is 1. The number of nitriles is 1. The first-order chi connectivity index (χ1) is 15.1. The summed E-state index contributed by atoms with van der Waals surface area (Å²) < 4.78 is 0. The topological polar surface area (TPSA) is 78.1 Å². The summed E-state index contributed by atoms with van der Waals surface area (Å²) in [5.74, 6) is -0.347. The highest BCUT2D eigenvalue weighted by atomic mass is 35.5. The van der Waals surface area contributed by atoms with Crippen LogP contribution in [0.4, 0.5) is 0 Å². The van der Waals surface area contributed by atoms with Crippen molar-refractivity contribution in [3.8, 4) is 17.3 Å². The maximum absolute atomic E-state index is 13.0. The van der Waals surface area contributed by atoms with Gasteiger partial charge in [0.2, 0.25) is 0 Å². The Balaban J connectivity index is 1.70. The molecule has 0 bridgehead atoms. The van der Waals surface area contributed by atoms with Gasteiger partial charge in [-0.05, 0) is 42.8 Å². The van der Waals surface area contributed by atoms with Gasteiger partial charge in [0, 0.05) is 16.0 Å². The van der Waals surface area contributed by atoms with Crippen molar-refractivity contribution < 1.29 is 4.79 Å². The quantitative estimate of drug-likeness (QED) is 0.343. The Hall–Kier alpha value is -4.01.